The van der Waals surface area contributed by atoms with Gasteiger partial charge in [-0.2, -0.15) is 0 Å². The molecule has 0 bridgehead atoms. The molecule has 2 aliphatic heterocycles. The first kappa shape index (κ1) is 12.4. The molecule has 0 radical (unpaired) electrons. The minimum Gasteiger partial charge on any atom is -0.316 e. The Morgan fingerprint density at radius 1 is 1.31 bits per heavy atom. The van der Waals surface area contributed by atoms with Crippen molar-refractivity contribution in [3.8, 4) is 0 Å². The molecule has 0 aliphatic carbocycles. The Hall–Kier alpha value is -0.0800. The molecule has 2 fully saturated rings. The molecule has 16 heavy (non-hydrogen) atoms. The van der Waals surface area contributed by atoms with Crippen LogP contribution in [-0.4, -0.2) is 37.1 Å². The first-order valence-electron chi connectivity index (χ1n) is 7.20. The molecule has 2 aliphatic rings. The lowest BCUT2D eigenvalue weighted by Crippen LogP contribution is -2.43. The lowest BCUT2D eigenvalue weighted by molar-refractivity contribution is 0.124. The second-order valence-electron chi connectivity index (χ2n) is 5.95. The maximum atomic E-state index is 3.56. The van der Waals surface area contributed by atoms with E-state index >= 15 is 0 Å². The van der Waals surface area contributed by atoms with Crippen LogP contribution < -0.4 is 5.32 Å². The van der Waals surface area contributed by atoms with E-state index in [4.69, 9.17) is 0 Å². The van der Waals surface area contributed by atoms with Gasteiger partial charge in [-0.15, -0.1) is 0 Å². The summed E-state index contributed by atoms with van der Waals surface area (Å²) < 4.78 is 0. The minimum absolute atomic E-state index is 0.582. The van der Waals surface area contributed by atoms with Gasteiger partial charge in [-0.1, -0.05) is 19.8 Å². The van der Waals surface area contributed by atoms with Gasteiger partial charge in [-0.05, 0) is 51.1 Å². The van der Waals surface area contributed by atoms with Gasteiger partial charge in [0.05, 0.1) is 0 Å². The van der Waals surface area contributed by atoms with Gasteiger partial charge < -0.3 is 10.2 Å². The van der Waals surface area contributed by atoms with Gasteiger partial charge in [0, 0.05) is 19.1 Å². The van der Waals surface area contributed by atoms with E-state index in [1.807, 2.05) is 0 Å². The highest BCUT2D eigenvalue weighted by Gasteiger charge is 2.35. The molecule has 2 heterocycles. The summed E-state index contributed by atoms with van der Waals surface area (Å²) in [4.78, 5) is 2.77. The highest BCUT2D eigenvalue weighted by atomic mass is 15.2. The molecule has 2 unspecified atom stereocenters. The van der Waals surface area contributed by atoms with Gasteiger partial charge in [0.15, 0.2) is 0 Å². The molecular weight excluding hydrogens is 196 g/mol. The summed E-state index contributed by atoms with van der Waals surface area (Å²) in [6.07, 6.45) is 8.42. The van der Waals surface area contributed by atoms with Crippen LogP contribution in [0.1, 0.15) is 52.4 Å². The molecule has 2 atom stereocenters. The second kappa shape index (κ2) is 5.50. The molecule has 1 N–H and O–H groups in total. The summed E-state index contributed by atoms with van der Waals surface area (Å²) in [5, 5.41) is 3.56. The number of nitrogens with zero attached hydrogens (tertiary/aromatic N) is 1. The summed E-state index contributed by atoms with van der Waals surface area (Å²) in [5.74, 6) is 0. The van der Waals surface area contributed by atoms with Gasteiger partial charge >= 0.3 is 0 Å². The summed E-state index contributed by atoms with van der Waals surface area (Å²) in [6, 6.07) is 0.812. The van der Waals surface area contributed by atoms with Gasteiger partial charge in [0.1, 0.15) is 0 Å². The number of nitrogens with one attached hydrogen (secondary N) is 1. The Kier molecular flexibility index (Phi) is 4.26. The van der Waals surface area contributed by atoms with Crippen LogP contribution in [0, 0.1) is 5.41 Å². The van der Waals surface area contributed by atoms with Crippen LogP contribution in [0.4, 0.5) is 0 Å². The average molecular weight is 224 g/mol. The Bertz CT molecular complexity index is 209. The molecule has 2 nitrogen and oxygen atoms in total. The fraction of sp³-hybridized carbons (Fsp3) is 1.00. The third-order valence-electron chi connectivity index (χ3n) is 4.81. The molecule has 2 heteroatoms. The van der Waals surface area contributed by atoms with Gasteiger partial charge in [-0.3, -0.25) is 0 Å². The summed E-state index contributed by atoms with van der Waals surface area (Å²) in [5.41, 5.74) is 0.582. The number of hydrogen-bond acceptors (Lipinski definition) is 2. The molecule has 0 aromatic heterocycles. The summed E-state index contributed by atoms with van der Waals surface area (Å²) in [7, 11) is 0. The van der Waals surface area contributed by atoms with Crippen LogP contribution in [0.3, 0.4) is 0 Å². The molecule has 94 valence electrons. The van der Waals surface area contributed by atoms with E-state index in [2.05, 4.69) is 24.1 Å². The van der Waals surface area contributed by atoms with Crippen LogP contribution in [0.25, 0.3) is 0 Å². The predicted octanol–water partition coefficient (Wildman–Crippen LogP) is 2.64. The molecule has 2 rings (SSSR count). The van der Waals surface area contributed by atoms with Crippen LogP contribution in [0.5, 0.6) is 0 Å². The zero-order chi connectivity index (χ0) is 11.4. The Balaban J connectivity index is 1.95. The molecular formula is C14H28N2. The van der Waals surface area contributed by atoms with Crippen molar-refractivity contribution in [2.24, 2.45) is 5.41 Å². The molecule has 0 amide bonds. The Morgan fingerprint density at radius 2 is 2.19 bits per heavy atom. The highest BCUT2D eigenvalue weighted by molar-refractivity contribution is 4.90. The zero-order valence-corrected chi connectivity index (χ0v) is 11.1. The standard InChI is InChI=1S/C14H28N2/c1-3-14(8-9-15-11-14)12-16-10-6-4-5-7-13(16)2/h13,15H,3-12H2,1-2H3. The van der Waals surface area contributed by atoms with Crippen molar-refractivity contribution in [2.75, 3.05) is 26.2 Å². The largest absolute Gasteiger partial charge is 0.316 e. The lowest BCUT2D eigenvalue weighted by atomic mass is 9.83. The van der Waals surface area contributed by atoms with E-state index in [-0.39, 0.29) is 0 Å². The van der Waals surface area contributed by atoms with Crippen molar-refractivity contribution in [1.29, 1.82) is 0 Å². The van der Waals surface area contributed by atoms with E-state index in [9.17, 15) is 0 Å². The molecule has 0 aromatic carbocycles. The van der Waals surface area contributed by atoms with E-state index in [1.54, 1.807) is 0 Å². The van der Waals surface area contributed by atoms with Crippen molar-refractivity contribution < 1.29 is 0 Å². The monoisotopic (exact) mass is 224 g/mol. The molecule has 0 aromatic rings. The third-order valence-corrected chi connectivity index (χ3v) is 4.81. The zero-order valence-electron chi connectivity index (χ0n) is 11.1. The van der Waals surface area contributed by atoms with Crippen LogP contribution in [0.15, 0.2) is 0 Å². The minimum atomic E-state index is 0.582. The predicted molar refractivity (Wildman–Crippen MR) is 69.7 cm³/mol. The van der Waals surface area contributed by atoms with Gasteiger partial charge in [0.25, 0.3) is 0 Å². The fourth-order valence-corrected chi connectivity index (χ4v) is 3.34. The smallest absolute Gasteiger partial charge is 0.00671 e. The van der Waals surface area contributed by atoms with E-state index in [1.165, 1.54) is 64.7 Å². The maximum absolute atomic E-state index is 3.56. The molecule has 2 saturated heterocycles. The van der Waals surface area contributed by atoms with Crippen molar-refractivity contribution in [3.05, 3.63) is 0 Å². The Labute approximate surface area is 101 Å². The number of hydrogen-bond donors (Lipinski definition) is 1. The fourth-order valence-electron chi connectivity index (χ4n) is 3.34. The quantitative estimate of drug-likeness (QED) is 0.793. The summed E-state index contributed by atoms with van der Waals surface area (Å²) in [6.45, 7) is 9.94. The first-order chi connectivity index (χ1) is 7.76. The average Bonchev–Trinajstić information content (AvgIpc) is 2.67. The van der Waals surface area contributed by atoms with Crippen molar-refractivity contribution in [1.82, 2.24) is 10.2 Å². The summed E-state index contributed by atoms with van der Waals surface area (Å²) >= 11 is 0. The lowest BCUT2D eigenvalue weighted by Gasteiger charge is -2.36. The van der Waals surface area contributed by atoms with Crippen molar-refractivity contribution in [3.63, 3.8) is 0 Å². The number of rotatable bonds is 3. The first-order valence-corrected chi connectivity index (χ1v) is 7.20. The topological polar surface area (TPSA) is 15.3 Å². The van der Waals surface area contributed by atoms with E-state index < -0.39 is 0 Å². The highest BCUT2D eigenvalue weighted by Crippen LogP contribution is 2.32. The maximum Gasteiger partial charge on any atom is 0.00671 e. The third kappa shape index (κ3) is 2.78. The van der Waals surface area contributed by atoms with E-state index in [0.717, 1.165) is 6.04 Å². The molecule has 0 spiro atoms. The SMILES string of the molecule is CCC1(CN2CCCCCC2C)CCNC1. The van der Waals surface area contributed by atoms with Crippen LogP contribution in [0.2, 0.25) is 0 Å². The van der Waals surface area contributed by atoms with Crippen LogP contribution >= 0.6 is 0 Å². The molecule has 0 saturated carbocycles. The second-order valence-corrected chi connectivity index (χ2v) is 5.95. The van der Waals surface area contributed by atoms with E-state index in [0.29, 0.717) is 5.41 Å². The Morgan fingerprint density at radius 3 is 2.88 bits per heavy atom. The normalized spacial score (nSPS) is 37.5. The number of likely N-dealkylation sites (tertiary alicyclic amines) is 1. The van der Waals surface area contributed by atoms with Crippen LogP contribution in [-0.2, 0) is 0 Å². The van der Waals surface area contributed by atoms with Gasteiger partial charge in [-0.25, -0.2) is 0 Å². The van der Waals surface area contributed by atoms with Crippen molar-refractivity contribution >= 4 is 0 Å². The van der Waals surface area contributed by atoms with Gasteiger partial charge in [0.2, 0.25) is 0 Å². The van der Waals surface area contributed by atoms with Crippen molar-refractivity contribution in [2.45, 2.75) is 58.4 Å².